The molecule has 1 unspecified atom stereocenters. The highest BCUT2D eigenvalue weighted by Crippen LogP contribution is 2.62. The van der Waals surface area contributed by atoms with Gasteiger partial charge in [-0.1, -0.05) is 51.1 Å². The molecule has 0 radical (unpaired) electrons. The molecule has 2 bridgehead atoms. The average molecular weight is 323 g/mol. The second kappa shape index (κ2) is 6.03. The number of aromatic nitrogens is 2. The SMILES string of the molecule is C[C@H]1C(CNCc2cc(-c3ccccc3)n[nH]2)C[C@@H]2C[C@H]1C2(C)C. The van der Waals surface area contributed by atoms with Gasteiger partial charge in [0.15, 0.2) is 0 Å². The van der Waals surface area contributed by atoms with Crippen LogP contribution in [0.5, 0.6) is 0 Å². The molecule has 1 aromatic carbocycles. The minimum absolute atomic E-state index is 0.587. The van der Waals surface area contributed by atoms with E-state index in [1.165, 1.54) is 24.1 Å². The molecule has 0 aliphatic heterocycles. The third kappa shape index (κ3) is 2.69. The number of nitrogens with zero attached hydrogens (tertiary/aromatic N) is 1. The number of fused-ring (bicyclic) bond motifs is 2. The van der Waals surface area contributed by atoms with Crippen LogP contribution in [0.15, 0.2) is 36.4 Å². The second-order valence-corrected chi connectivity index (χ2v) is 8.49. The van der Waals surface area contributed by atoms with Crippen LogP contribution in [0, 0.1) is 29.1 Å². The summed E-state index contributed by atoms with van der Waals surface area (Å²) < 4.78 is 0. The number of nitrogens with one attached hydrogen (secondary N) is 2. The Morgan fingerprint density at radius 2 is 2.00 bits per heavy atom. The maximum absolute atomic E-state index is 4.44. The molecule has 0 saturated heterocycles. The van der Waals surface area contributed by atoms with E-state index in [1.807, 2.05) is 6.07 Å². The van der Waals surface area contributed by atoms with Crippen molar-refractivity contribution in [3.8, 4) is 11.3 Å². The first-order chi connectivity index (χ1) is 11.6. The number of benzene rings is 1. The summed E-state index contributed by atoms with van der Waals surface area (Å²) in [7, 11) is 0. The molecule has 1 aromatic heterocycles. The van der Waals surface area contributed by atoms with Crippen LogP contribution in [-0.4, -0.2) is 16.7 Å². The van der Waals surface area contributed by atoms with E-state index in [4.69, 9.17) is 0 Å². The number of rotatable bonds is 5. The molecule has 3 heteroatoms. The molecule has 0 amide bonds. The summed E-state index contributed by atoms with van der Waals surface area (Å²) in [5, 5.41) is 11.3. The van der Waals surface area contributed by atoms with Crippen molar-refractivity contribution in [1.29, 1.82) is 0 Å². The Morgan fingerprint density at radius 3 is 2.71 bits per heavy atom. The topological polar surface area (TPSA) is 40.7 Å². The molecule has 3 aliphatic carbocycles. The van der Waals surface area contributed by atoms with E-state index in [0.717, 1.165) is 42.5 Å². The van der Waals surface area contributed by atoms with E-state index in [9.17, 15) is 0 Å². The van der Waals surface area contributed by atoms with Crippen molar-refractivity contribution in [1.82, 2.24) is 15.5 Å². The van der Waals surface area contributed by atoms with Crippen molar-refractivity contribution in [2.45, 2.75) is 40.2 Å². The van der Waals surface area contributed by atoms with Gasteiger partial charge in [-0.05, 0) is 54.5 Å². The molecule has 3 saturated carbocycles. The van der Waals surface area contributed by atoms with E-state index in [0.29, 0.717) is 5.41 Å². The summed E-state index contributed by atoms with van der Waals surface area (Å²) in [5.74, 6) is 3.56. The lowest BCUT2D eigenvalue weighted by Crippen LogP contribution is -2.56. The Hall–Kier alpha value is -1.61. The lowest BCUT2D eigenvalue weighted by atomic mass is 9.43. The van der Waals surface area contributed by atoms with Crippen LogP contribution in [0.3, 0.4) is 0 Å². The quantitative estimate of drug-likeness (QED) is 0.851. The van der Waals surface area contributed by atoms with Crippen molar-refractivity contribution in [2.75, 3.05) is 6.54 Å². The Labute approximate surface area is 145 Å². The number of H-pyrrole nitrogens is 1. The zero-order valence-corrected chi connectivity index (χ0v) is 15.0. The standard InChI is InChI=1S/C21H29N3/c1-14-16(9-17-10-19(14)21(17,2)3)12-22-13-18-11-20(24-23-18)15-7-5-4-6-8-15/h4-8,11,14,16-17,19,22H,9-10,12-13H2,1-3H3,(H,23,24)/t14-,16?,17+,19+/m0/s1. The smallest absolute Gasteiger partial charge is 0.0924 e. The minimum atomic E-state index is 0.587. The van der Waals surface area contributed by atoms with Gasteiger partial charge in [0.25, 0.3) is 0 Å². The Kier molecular flexibility index (Phi) is 4.00. The van der Waals surface area contributed by atoms with Gasteiger partial charge in [0.1, 0.15) is 0 Å². The molecule has 4 atom stereocenters. The normalized spacial score (nSPS) is 30.8. The summed E-state index contributed by atoms with van der Waals surface area (Å²) in [6.07, 6.45) is 2.86. The van der Waals surface area contributed by atoms with Crippen molar-refractivity contribution in [3.05, 3.63) is 42.1 Å². The molecule has 2 N–H and O–H groups in total. The van der Waals surface area contributed by atoms with Gasteiger partial charge in [-0.15, -0.1) is 0 Å². The lowest BCUT2D eigenvalue weighted by molar-refractivity contribution is -0.127. The van der Waals surface area contributed by atoms with Crippen LogP contribution in [-0.2, 0) is 6.54 Å². The van der Waals surface area contributed by atoms with Crippen LogP contribution in [0.25, 0.3) is 11.3 Å². The minimum Gasteiger partial charge on any atom is -0.311 e. The number of hydrogen-bond donors (Lipinski definition) is 2. The highest BCUT2D eigenvalue weighted by molar-refractivity contribution is 5.58. The summed E-state index contributed by atoms with van der Waals surface area (Å²) in [6, 6.07) is 12.5. The second-order valence-electron chi connectivity index (χ2n) is 8.49. The molecular weight excluding hydrogens is 294 g/mol. The van der Waals surface area contributed by atoms with E-state index in [2.05, 4.69) is 66.6 Å². The monoisotopic (exact) mass is 323 g/mol. The van der Waals surface area contributed by atoms with Gasteiger partial charge in [-0.2, -0.15) is 5.10 Å². The third-order valence-electron chi connectivity index (χ3n) is 6.93. The molecule has 24 heavy (non-hydrogen) atoms. The van der Waals surface area contributed by atoms with E-state index in [1.54, 1.807) is 0 Å². The fraction of sp³-hybridized carbons (Fsp3) is 0.571. The number of aromatic amines is 1. The predicted molar refractivity (Wildman–Crippen MR) is 98.4 cm³/mol. The summed E-state index contributed by atoms with van der Waals surface area (Å²) in [5.41, 5.74) is 3.96. The molecule has 2 aromatic rings. The van der Waals surface area contributed by atoms with Crippen molar-refractivity contribution < 1.29 is 0 Å². The van der Waals surface area contributed by atoms with Crippen molar-refractivity contribution in [3.63, 3.8) is 0 Å². The molecule has 0 spiro atoms. The third-order valence-corrected chi connectivity index (χ3v) is 6.93. The van der Waals surface area contributed by atoms with Crippen LogP contribution >= 0.6 is 0 Å². The highest BCUT2D eigenvalue weighted by atomic mass is 15.1. The first kappa shape index (κ1) is 15.9. The molecular formula is C21H29N3. The van der Waals surface area contributed by atoms with E-state index >= 15 is 0 Å². The summed E-state index contributed by atoms with van der Waals surface area (Å²) >= 11 is 0. The molecule has 5 rings (SSSR count). The largest absolute Gasteiger partial charge is 0.311 e. The zero-order chi connectivity index (χ0) is 16.7. The zero-order valence-electron chi connectivity index (χ0n) is 15.0. The van der Waals surface area contributed by atoms with Gasteiger partial charge in [-0.3, -0.25) is 5.10 Å². The average Bonchev–Trinajstić information content (AvgIpc) is 3.05. The Balaban J connectivity index is 1.30. The maximum Gasteiger partial charge on any atom is 0.0924 e. The van der Waals surface area contributed by atoms with Gasteiger partial charge >= 0.3 is 0 Å². The molecule has 1 heterocycles. The first-order valence-electron chi connectivity index (χ1n) is 9.36. The Bertz CT molecular complexity index is 688. The molecule has 3 fully saturated rings. The van der Waals surface area contributed by atoms with Crippen molar-refractivity contribution >= 4 is 0 Å². The predicted octanol–water partition coefficient (Wildman–Crippen LogP) is 4.48. The molecule has 3 nitrogen and oxygen atoms in total. The van der Waals surface area contributed by atoms with Gasteiger partial charge in [0, 0.05) is 17.8 Å². The maximum atomic E-state index is 4.44. The van der Waals surface area contributed by atoms with Crippen LogP contribution in [0.4, 0.5) is 0 Å². The summed E-state index contributed by atoms with van der Waals surface area (Å²) in [4.78, 5) is 0. The fourth-order valence-corrected chi connectivity index (χ4v) is 5.13. The van der Waals surface area contributed by atoms with Crippen molar-refractivity contribution in [2.24, 2.45) is 29.1 Å². The van der Waals surface area contributed by atoms with Gasteiger partial charge in [0.2, 0.25) is 0 Å². The van der Waals surface area contributed by atoms with Crippen LogP contribution in [0.1, 0.15) is 39.3 Å². The molecule has 128 valence electrons. The van der Waals surface area contributed by atoms with E-state index in [-0.39, 0.29) is 0 Å². The fourth-order valence-electron chi connectivity index (χ4n) is 5.13. The lowest BCUT2D eigenvalue weighted by Gasteiger charge is -2.62. The Morgan fingerprint density at radius 1 is 1.21 bits per heavy atom. The van der Waals surface area contributed by atoms with E-state index < -0.39 is 0 Å². The van der Waals surface area contributed by atoms with Gasteiger partial charge in [0.05, 0.1) is 5.69 Å². The summed E-state index contributed by atoms with van der Waals surface area (Å²) in [6.45, 7) is 9.42. The van der Waals surface area contributed by atoms with Crippen LogP contribution in [0.2, 0.25) is 0 Å². The highest BCUT2D eigenvalue weighted by Gasteiger charge is 2.55. The molecule has 3 aliphatic rings. The van der Waals surface area contributed by atoms with Gasteiger partial charge in [-0.25, -0.2) is 0 Å². The number of hydrogen-bond acceptors (Lipinski definition) is 2. The van der Waals surface area contributed by atoms with Crippen LogP contribution < -0.4 is 5.32 Å². The van der Waals surface area contributed by atoms with Gasteiger partial charge < -0.3 is 5.32 Å². The first-order valence-corrected chi connectivity index (χ1v) is 9.36.